The first-order valence-electron chi connectivity index (χ1n) is 7.49. The summed E-state index contributed by atoms with van der Waals surface area (Å²) in [6.45, 7) is 5.58. The molecule has 112 valence electrons. The molecule has 3 nitrogen and oxygen atoms in total. The SMILES string of the molecule is COc1cccc(CNC2CCC(C)(C)CC2)c1OC. The zero-order valence-electron chi connectivity index (χ0n) is 13.2. The summed E-state index contributed by atoms with van der Waals surface area (Å²) < 4.78 is 10.8. The summed E-state index contributed by atoms with van der Waals surface area (Å²) in [5.41, 5.74) is 1.68. The summed E-state index contributed by atoms with van der Waals surface area (Å²) in [5, 5.41) is 3.67. The van der Waals surface area contributed by atoms with Gasteiger partial charge in [0.25, 0.3) is 0 Å². The van der Waals surface area contributed by atoms with E-state index in [1.165, 1.54) is 25.7 Å². The maximum absolute atomic E-state index is 5.48. The standard InChI is InChI=1S/C17H27NO2/c1-17(2)10-8-14(9-11-17)18-12-13-6-5-7-15(19-3)16(13)20-4/h5-7,14,18H,8-12H2,1-4H3. The van der Waals surface area contributed by atoms with Crippen LogP contribution >= 0.6 is 0 Å². The predicted molar refractivity (Wildman–Crippen MR) is 82.4 cm³/mol. The quantitative estimate of drug-likeness (QED) is 0.889. The van der Waals surface area contributed by atoms with Crippen molar-refractivity contribution in [2.45, 2.75) is 52.1 Å². The molecule has 0 aliphatic heterocycles. The second kappa shape index (κ2) is 6.49. The Morgan fingerprint density at radius 3 is 2.45 bits per heavy atom. The lowest BCUT2D eigenvalue weighted by Crippen LogP contribution is -2.35. The molecule has 20 heavy (non-hydrogen) atoms. The Bertz CT molecular complexity index is 433. The van der Waals surface area contributed by atoms with Crippen LogP contribution in [0.2, 0.25) is 0 Å². The largest absolute Gasteiger partial charge is 0.493 e. The zero-order valence-corrected chi connectivity index (χ0v) is 13.2. The van der Waals surface area contributed by atoms with Gasteiger partial charge in [-0.15, -0.1) is 0 Å². The van der Waals surface area contributed by atoms with E-state index in [1.807, 2.05) is 12.1 Å². The Kier molecular flexibility index (Phi) is 4.92. The van der Waals surface area contributed by atoms with Crippen LogP contribution in [0, 0.1) is 5.41 Å². The summed E-state index contributed by atoms with van der Waals surface area (Å²) >= 11 is 0. The molecule has 0 saturated heterocycles. The highest BCUT2D eigenvalue weighted by atomic mass is 16.5. The average molecular weight is 277 g/mol. The van der Waals surface area contributed by atoms with Gasteiger partial charge < -0.3 is 14.8 Å². The molecule has 2 rings (SSSR count). The first-order valence-corrected chi connectivity index (χ1v) is 7.49. The average Bonchev–Trinajstić information content (AvgIpc) is 2.45. The molecule has 1 saturated carbocycles. The van der Waals surface area contributed by atoms with Gasteiger partial charge >= 0.3 is 0 Å². The molecule has 1 aliphatic rings. The molecule has 3 heteroatoms. The molecule has 0 unspecified atom stereocenters. The molecule has 0 radical (unpaired) electrons. The van der Waals surface area contributed by atoms with Crippen molar-refractivity contribution in [2.75, 3.05) is 14.2 Å². The van der Waals surface area contributed by atoms with E-state index in [2.05, 4.69) is 25.2 Å². The minimum atomic E-state index is 0.520. The van der Waals surface area contributed by atoms with Gasteiger partial charge in [0, 0.05) is 18.2 Å². The highest BCUT2D eigenvalue weighted by Crippen LogP contribution is 2.35. The van der Waals surface area contributed by atoms with Gasteiger partial charge in [0.2, 0.25) is 0 Å². The maximum Gasteiger partial charge on any atom is 0.165 e. The third-order valence-corrected chi connectivity index (χ3v) is 4.40. The monoisotopic (exact) mass is 277 g/mol. The smallest absolute Gasteiger partial charge is 0.165 e. The van der Waals surface area contributed by atoms with Gasteiger partial charge in [0.15, 0.2) is 11.5 Å². The molecule has 0 bridgehead atoms. The van der Waals surface area contributed by atoms with Crippen LogP contribution < -0.4 is 14.8 Å². The molecule has 1 aliphatic carbocycles. The predicted octanol–water partition coefficient (Wildman–Crippen LogP) is 3.76. The fraction of sp³-hybridized carbons (Fsp3) is 0.647. The number of benzene rings is 1. The van der Waals surface area contributed by atoms with Crippen molar-refractivity contribution in [3.63, 3.8) is 0 Å². The van der Waals surface area contributed by atoms with E-state index >= 15 is 0 Å². The third-order valence-electron chi connectivity index (χ3n) is 4.40. The summed E-state index contributed by atoms with van der Waals surface area (Å²) in [6.07, 6.45) is 5.14. The number of methoxy groups -OCH3 is 2. The Morgan fingerprint density at radius 2 is 1.85 bits per heavy atom. The van der Waals surface area contributed by atoms with E-state index in [1.54, 1.807) is 14.2 Å². The molecule has 1 aromatic carbocycles. The first-order chi connectivity index (χ1) is 9.55. The van der Waals surface area contributed by atoms with Crippen LogP contribution in [0.4, 0.5) is 0 Å². The Hall–Kier alpha value is -1.22. The molecule has 1 N–H and O–H groups in total. The summed E-state index contributed by atoms with van der Waals surface area (Å²) in [4.78, 5) is 0. The second-order valence-electron chi connectivity index (χ2n) is 6.47. The lowest BCUT2D eigenvalue weighted by atomic mass is 9.75. The maximum atomic E-state index is 5.48. The van der Waals surface area contributed by atoms with Crippen LogP contribution in [0.5, 0.6) is 11.5 Å². The number of ether oxygens (including phenoxy) is 2. The summed E-state index contributed by atoms with van der Waals surface area (Å²) in [6, 6.07) is 6.67. The van der Waals surface area contributed by atoms with E-state index in [0.29, 0.717) is 11.5 Å². The van der Waals surface area contributed by atoms with Crippen LogP contribution in [-0.4, -0.2) is 20.3 Å². The Balaban J connectivity index is 1.94. The first kappa shape index (κ1) is 15.2. The van der Waals surface area contributed by atoms with Crippen molar-refractivity contribution in [2.24, 2.45) is 5.41 Å². The minimum Gasteiger partial charge on any atom is -0.493 e. The number of hydrogen-bond donors (Lipinski definition) is 1. The molecule has 0 atom stereocenters. The highest BCUT2D eigenvalue weighted by molar-refractivity contribution is 5.46. The van der Waals surface area contributed by atoms with Gasteiger partial charge in [-0.3, -0.25) is 0 Å². The van der Waals surface area contributed by atoms with Crippen molar-refractivity contribution in [3.8, 4) is 11.5 Å². The molecule has 1 aromatic rings. The van der Waals surface area contributed by atoms with Gasteiger partial charge in [0.05, 0.1) is 14.2 Å². The van der Waals surface area contributed by atoms with Crippen molar-refractivity contribution in [1.29, 1.82) is 0 Å². The number of nitrogens with one attached hydrogen (secondary N) is 1. The Morgan fingerprint density at radius 1 is 1.15 bits per heavy atom. The number of para-hydroxylation sites is 1. The molecule has 0 aromatic heterocycles. The lowest BCUT2D eigenvalue weighted by molar-refractivity contribution is 0.205. The second-order valence-corrected chi connectivity index (χ2v) is 6.47. The molecule has 0 heterocycles. The van der Waals surface area contributed by atoms with Crippen LogP contribution in [0.15, 0.2) is 18.2 Å². The topological polar surface area (TPSA) is 30.5 Å². The van der Waals surface area contributed by atoms with E-state index in [0.717, 1.165) is 23.6 Å². The van der Waals surface area contributed by atoms with E-state index in [-0.39, 0.29) is 0 Å². The van der Waals surface area contributed by atoms with Gasteiger partial charge in [-0.05, 0) is 37.2 Å². The van der Waals surface area contributed by atoms with Crippen LogP contribution in [0.25, 0.3) is 0 Å². The van der Waals surface area contributed by atoms with Crippen molar-refractivity contribution < 1.29 is 9.47 Å². The van der Waals surface area contributed by atoms with Crippen molar-refractivity contribution in [3.05, 3.63) is 23.8 Å². The Labute approximate surface area is 122 Å². The molecular weight excluding hydrogens is 250 g/mol. The highest BCUT2D eigenvalue weighted by Gasteiger charge is 2.26. The zero-order chi connectivity index (χ0) is 14.6. The van der Waals surface area contributed by atoms with Crippen LogP contribution in [-0.2, 0) is 6.54 Å². The van der Waals surface area contributed by atoms with Crippen molar-refractivity contribution >= 4 is 0 Å². The molecule has 1 fully saturated rings. The summed E-state index contributed by atoms with van der Waals surface area (Å²) in [5.74, 6) is 1.65. The van der Waals surface area contributed by atoms with E-state index in [4.69, 9.17) is 9.47 Å². The van der Waals surface area contributed by atoms with Gasteiger partial charge in [-0.2, -0.15) is 0 Å². The fourth-order valence-corrected chi connectivity index (χ4v) is 2.95. The van der Waals surface area contributed by atoms with Gasteiger partial charge in [0.1, 0.15) is 0 Å². The van der Waals surface area contributed by atoms with Crippen LogP contribution in [0.1, 0.15) is 45.1 Å². The van der Waals surface area contributed by atoms with E-state index in [9.17, 15) is 0 Å². The molecule has 0 amide bonds. The summed E-state index contributed by atoms with van der Waals surface area (Å²) in [7, 11) is 3.38. The van der Waals surface area contributed by atoms with Gasteiger partial charge in [-0.1, -0.05) is 26.0 Å². The van der Waals surface area contributed by atoms with Crippen molar-refractivity contribution in [1.82, 2.24) is 5.32 Å². The van der Waals surface area contributed by atoms with E-state index < -0.39 is 0 Å². The fourth-order valence-electron chi connectivity index (χ4n) is 2.95. The van der Waals surface area contributed by atoms with Crippen LogP contribution in [0.3, 0.4) is 0 Å². The molecule has 0 spiro atoms. The molecular formula is C17H27NO2. The normalized spacial score (nSPS) is 18.8. The minimum absolute atomic E-state index is 0.520. The van der Waals surface area contributed by atoms with Gasteiger partial charge in [-0.25, -0.2) is 0 Å². The lowest BCUT2D eigenvalue weighted by Gasteiger charge is -2.34. The number of rotatable bonds is 5. The number of hydrogen-bond acceptors (Lipinski definition) is 3. The third kappa shape index (κ3) is 3.66.